The molecule has 1 aliphatic heterocycles. The first-order valence-electron chi connectivity index (χ1n) is 24.9. The van der Waals surface area contributed by atoms with Gasteiger partial charge in [-0.2, -0.15) is 5.10 Å². The number of allylic oxidation sites excluding steroid dienone is 1. The van der Waals surface area contributed by atoms with Crippen LogP contribution < -0.4 is 10.9 Å². The smallest absolute Gasteiger partial charge is 0.272 e. The van der Waals surface area contributed by atoms with Gasteiger partial charge in [-0.15, -0.1) is 0 Å². The summed E-state index contributed by atoms with van der Waals surface area (Å²) in [5.41, 5.74) is 2.49. The van der Waals surface area contributed by atoms with Crippen LogP contribution in [0.25, 0.3) is 10.8 Å². The van der Waals surface area contributed by atoms with Gasteiger partial charge in [-0.3, -0.25) is 28.8 Å². The molecule has 2 N–H and O–H groups in total. The van der Waals surface area contributed by atoms with E-state index < -0.39 is 11.7 Å². The number of Topliss-reactive ketones (excluding diaryl/α,β-unsaturated/α-hetero) is 1. The van der Waals surface area contributed by atoms with Gasteiger partial charge in [0.1, 0.15) is 19.0 Å². The van der Waals surface area contributed by atoms with Crippen molar-refractivity contribution < 1.29 is 42.6 Å². The lowest BCUT2D eigenvalue weighted by Crippen LogP contribution is -2.51. The van der Waals surface area contributed by atoms with Crippen molar-refractivity contribution in [3.63, 3.8) is 0 Å². The van der Waals surface area contributed by atoms with Crippen LogP contribution in [0.4, 0.5) is 4.39 Å². The molecular weight excluding hydrogens is 870 g/mol. The summed E-state index contributed by atoms with van der Waals surface area (Å²) in [7, 11) is 0. The summed E-state index contributed by atoms with van der Waals surface area (Å²) in [6, 6.07) is 11.5. The van der Waals surface area contributed by atoms with Gasteiger partial charge >= 0.3 is 0 Å². The molecule has 6 atom stereocenters. The molecule has 68 heavy (non-hydrogen) atoms. The summed E-state index contributed by atoms with van der Waals surface area (Å²) < 4.78 is 31.9. The molecule has 1 aromatic heterocycles. The lowest BCUT2D eigenvalue weighted by atomic mass is 9.46. The van der Waals surface area contributed by atoms with Crippen molar-refractivity contribution >= 4 is 40.1 Å². The Bertz CT molecular complexity index is 2430. The molecule has 2 aromatic carbocycles. The predicted molar refractivity (Wildman–Crippen MR) is 253 cm³/mol. The van der Waals surface area contributed by atoms with Crippen LogP contribution in [0, 0.1) is 40.3 Å². The first kappa shape index (κ1) is 49.3. The molecule has 8 rings (SSSR count). The zero-order chi connectivity index (χ0) is 47.8. The van der Waals surface area contributed by atoms with Crippen molar-refractivity contribution in [2.45, 2.75) is 97.3 Å². The van der Waals surface area contributed by atoms with Gasteiger partial charge in [-0.25, -0.2) is 9.49 Å². The highest BCUT2D eigenvalue weighted by atomic mass is 19.1. The molecule has 3 saturated carbocycles. The molecule has 3 aromatic rings. The Labute approximate surface area is 398 Å². The Morgan fingerprint density at radius 3 is 2.40 bits per heavy atom. The van der Waals surface area contributed by atoms with Crippen LogP contribution in [0.15, 0.2) is 58.9 Å². The number of ether oxygens (including phenoxy) is 3. The van der Waals surface area contributed by atoms with Crippen molar-refractivity contribution in [2.24, 2.45) is 34.5 Å². The molecule has 1 saturated heterocycles. The number of aromatic amines is 1. The number of fused-ring (bicyclic) bond motifs is 6. The van der Waals surface area contributed by atoms with Gasteiger partial charge in [0.2, 0.25) is 11.8 Å². The standard InChI is InChI=1S/C53H68FN5O9/c1-52-19-17-37(60)32-36(52)12-13-40-42-14-15-44(53(42,2)20-18-43(40)52)47(61)33-67-26-7-3-4-10-48(62)55-21-27-66-28-29-68-34-49(63)58-22-24-59(25-23-58)51(65)41-30-35(11-16-45(41)54)31-46-38-8-5-6-9-39(38)50(64)57-56-46/h5-6,8-9,11,16,30,32,40,42-44H,3-4,7,10,12-15,17-29,31,33-34H2,1-2H3,(H,55,62)(H,57,64)/t40-,42-,43-,44+,52-,53-/m0/s1. The van der Waals surface area contributed by atoms with Gasteiger partial charge in [-0.05, 0) is 116 Å². The normalized spacial score (nSPS) is 25.6. The fraction of sp³-hybridized carbons (Fsp3) is 0.604. The minimum atomic E-state index is -0.635. The molecule has 4 aliphatic carbocycles. The summed E-state index contributed by atoms with van der Waals surface area (Å²) in [6.07, 6.45) is 13.1. The number of benzene rings is 2. The number of piperazine rings is 1. The third-order valence-corrected chi connectivity index (χ3v) is 16.3. The molecule has 5 aliphatic rings. The van der Waals surface area contributed by atoms with Crippen LogP contribution >= 0.6 is 0 Å². The quantitative estimate of drug-likeness (QED) is 0.121. The first-order valence-corrected chi connectivity index (χ1v) is 24.9. The van der Waals surface area contributed by atoms with E-state index in [1.807, 2.05) is 12.1 Å². The van der Waals surface area contributed by atoms with Crippen LogP contribution in [0.2, 0.25) is 0 Å². The number of carbonyl (C=O) groups excluding carboxylic acids is 5. The lowest BCUT2D eigenvalue weighted by Gasteiger charge is -2.58. The minimum absolute atomic E-state index is 0.0363. The van der Waals surface area contributed by atoms with Gasteiger partial charge in [0, 0.05) is 69.9 Å². The monoisotopic (exact) mass is 938 g/mol. The molecule has 0 bridgehead atoms. The Morgan fingerprint density at radius 2 is 1.57 bits per heavy atom. The molecule has 15 heteroatoms. The molecular formula is C53H68FN5O9. The van der Waals surface area contributed by atoms with Crippen LogP contribution in [-0.2, 0) is 39.8 Å². The van der Waals surface area contributed by atoms with Crippen molar-refractivity contribution in [3.05, 3.63) is 87.1 Å². The van der Waals surface area contributed by atoms with E-state index in [2.05, 4.69) is 29.4 Å². The maximum atomic E-state index is 14.9. The summed E-state index contributed by atoms with van der Waals surface area (Å²) in [5.74, 6) is 1.08. The number of aromatic nitrogens is 2. The highest BCUT2D eigenvalue weighted by Gasteiger charge is 2.60. The molecule has 0 unspecified atom stereocenters. The zero-order valence-electron chi connectivity index (χ0n) is 39.8. The van der Waals surface area contributed by atoms with E-state index in [1.54, 1.807) is 29.2 Å². The second kappa shape index (κ2) is 22.1. The minimum Gasteiger partial charge on any atom is -0.377 e. The number of hydrogen-bond acceptors (Lipinski definition) is 10. The van der Waals surface area contributed by atoms with Crippen molar-refractivity contribution in [3.8, 4) is 0 Å². The second-order valence-corrected chi connectivity index (χ2v) is 20.2. The van der Waals surface area contributed by atoms with Gasteiger partial charge < -0.3 is 29.3 Å². The maximum absolute atomic E-state index is 14.9. The van der Waals surface area contributed by atoms with Crippen LogP contribution in [0.3, 0.4) is 0 Å². The SMILES string of the molecule is C[C@]12CC[C@H]3[C@@H](CCC4=CC(=O)CC[C@@]43C)[C@@H]1CC[C@@H]2C(=O)COCCCCCC(=O)NCCOCCOCC(=O)N1CCN(C(=O)c2cc(Cc3n[nH]c(=O)c4ccccc34)ccc2F)CC1. The van der Waals surface area contributed by atoms with Gasteiger partial charge in [-0.1, -0.05) is 50.1 Å². The number of nitrogens with one attached hydrogen (secondary N) is 2. The van der Waals surface area contributed by atoms with Crippen molar-refractivity contribution in [2.75, 3.05) is 72.4 Å². The predicted octanol–water partition coefficient (Wildman–Crippen LogP) is 6.38. The van der Waals surface area contributed by atoms with Crippen molar-refractivity contribution in [1.82, 2.24) is 25.3 Å². The number of nitrogens with zero attached hydrogens (tertiary/aromatic N) is 3. The third-order valence-electron chi connectivity index (χ3n) is 16.3. The maximum Gasteiger partial charge on any atom is 0.272 e. The van der Waals surface area contributed by atoms with E-state index >= 15 is 0 Å². The molecule has 4 fully saturated rings. The van der Waals surface area contributed by atoms with E-state index in [1.165, 1.54) is 22.6 Å². The average molecular weight is 938 g/mol. The van der Waals surface area contributed by atoms with E-state index in [0.717, 1.165) is 64.2 Å². The number of halogens is 1. The van der Waals surface area contributed by atoms with Crippen LogP contribution in [0.5, 0.6) is 0 Å². The number of unbranched alkanes of at least 4 members (excludes halogenated alkanes) is 2. The summed E-state index contributed by atoms with van der Waals surface area (Å²) in [6.45, 7) is 7.54. The number of amides is 3. The Kier molecular flexibility index (Phi) is 16.0. The summed E-state index contributed by atoms with van der Waals surface area (Å²) in [4.78, 5) is 79.6. The molecule has 0 radical (unpaired) electrons. The number of H-pyrrole nitrogens is 1. The number of rotatable bonds is 20. The van der Waals surface area contributed by atoms with E-state index in [9.17, 15) is 33.2 Å². The van der Waals surface area contributed by atoms with E-state index in [-0.39, 0.29) is 85.0 Å². The van der Waals surface area contributed by atoms with Gasteiger partial charge in [0.25, 0.3) is 11.5 Å². The average Bonchev–Trinajstić information content (AvgIpc) is 3.71. The highest BCUT2D eigenvalue weighted by molar-refractivity contribution is 5.95. The molecule has 0 spiro atoms. The molecule has 3 amide bonds. The third kappa shape index (κ3) is 11.0. The summed E-state index contributed by atoms with van der Waals surface area (Å²) >= 11 is 0. The van der Waals surface area contributed by atoms with Crippen molar-refractivity contribution in [1.29, 1.82) is 0 Å². The van der Waals surface area contributed by atoms with Gasteiger partial charge in [0.15, 0.2) is 11.6 Å². The topological polar surface area (TPSA) is 177 Å². The fourth-order valence-corrected chi connectivity index (χ4v) is 12.5. The number of carbonyl (C=O) groups is 5. The van der Waals surface area contributed by atoms with Crippen LogP contribution in [-0.4, -0.2) is 122 Å². The number of ketones is 2. The van der Waals surface area contributed by atoms with E-state index in [4.69, 9.17) is 14.2 Å². The number of hydrogen-bond donors (Lipinski definition) is 2. The fourth-order valence-electron chi connectivity index (χ4n) is 12.5. The molecule has 14 nitrogen and oxygen atoms in total. The summed E-state index contributed by atoms with van der Waals surface area (Å²) in [5, 5.41) is 10.8. The molecule has 366 valence electrons. The first-order chi connectivity index (χ1) is 32.9. The Morgan fingerprint density at radius 1 is 0.809 bits per heavy atom. The highest BCUT2D eigenvalue weighted by Crippen LogP contribution is 2.66. The second-order valence-electron chi connectivity index (χ2n) is 20.2. The molecule has 2 heterocycles. The van der Waals surface area contributed by atoms with Gasteiger partial charge in [0.05, 0.1) is 36.5 Å². The Hall–Kier alpha value is -5.12. The largest absolute Gasteiger partial charge is 0.377 e. The van der Waals surface area contributed by atoms with Crippen LogP contribution in [0.1, 0.15) is 113 Å². The zero-order valence-corrected chi connectivity index (χ0v) is 39.8. The Balaban J connectivity index is 0.631. The van der Waals surface area contributed by atoms with E-state index in [0.29, 0.717) is 97.7 Å². The lowest BCUT2D eigenvalue weighted by molar-refractivity contribution is -0.138.